The Labute approximate surface area is 175 Å². The fraction of sp³-hybridized carbons (Fsp3) is 0.286. The summed E-state index contributed by atoms with van der Waals surface area (Å²) in [7, 11) is 3.21. The Hall–Kier alpha value is -2.97. The second kappa shape index (κ2) is 11.8. The average molecular weight is 416 g/mol. The van der Waals surface area contributed by atoms with Crippen LogP contribution in [-0.2, 0) is 16.0 Å². The van der Waals surface area contributed by atoms with Gasteiger partial charge in [0.25, 0.3) is 5.91 Å². The second-order valence-electron chi connectivity index (χ2n) is 6.21. The highest BCUT2D eigenvalue weighted by atomic mass is 32.1. The lowest BCUT2D eigenvalue weighted by atomic mass is 10.1. The van der Waals surface area contributed by atoms with Crippen molar-refractivity contribution in [2.45, 2.75) is 12.8 Å². The van der Waals surface area contributed by atoms with Crippen LogP contribution in [-0.4, -0.2) is 44.3 Å². The van der Waals surface area contributed by atoms with Crippen molar-refractivity contribution in [2.24, 2.45) is 0 Å². The van der Waals surface area contributed by atoms with E-state index in [2.05, 4.69) is 16.0 Å². The third kappa shape index (κ3) is 7.89. The van der Waals surface area contributed by atoms with Crippen molar-refractivity contribution in [2.75, 3.05) is 32.7 Å². The standard InChI is InChI=1S/C21H25N3O4S/c1-27-12-4-11-22-20(26)16-5-3-6-17(14-16)23-21(29)24-19(25)13-15-7-9-18(28-2)10-8-15/h3,5-10,14H,4,11-13H2,1-2H3,(H,22,26)(H2,23,24,25,29). The summed E-state index contributed by atoms with van der Waals surface area (Å²) in [4.78, 5) is 24.4. The quantitative estimate of drug-likeness (QED) is 0.431. The summed E-state index contributed by atoms with van der Waals surface area (Å²) >= 11 is 5.20. The van der Waals surface area contributed by atoms with Crippen LogP contribution in [0.1, 0.15) is 22.3 Å². The molecule has 154 valence electrons. The molecule has 0 heterocycles. The summed E-state index contributed by atoms with van der Waals surface area (Å²) < 4.78 is 10.1. The van der Waals surface area contributed by atoms with Gasteiger partial charge < -0.3 is 25.4 Å². The molecule has 8 heteroatoms. The Kier molecular flexibility index (Phi) is 9.07. The smallest absolute Gasteiger partial charge is 0.251 e. The molecular formula is C21H25N3O4S. The molecule has 0 fully saturated rings. The molecule has 0 aliphatic heterocycles. The van der Waals surface area contributed by atoms with E-state index in [0.29, 0.717) is 24.4 Å². The van der Waals surface area contributed by atoms with Crippen molar-refractivity contribution >= 4 is 34.8 Å². The van der Waals surface area contributed by atoms with E-state index in [-0.39, 0.29) is 23.3 Å². The van der Waals surface area contributed by atoms with E-state index in [1.165, 1.54) is 0 Å². The lowest BCUT2D eigenvalue weighted by molar-refractivity contribution is -0.119. The van der Waals surface area contributed by atoms with Gasteiger partial charge in [0.05, 0.1) is 13.5 Å². The Morgan fingerprint density at radius 2 is 1.83 bits per heavy atom. The molecule has 29 heavy (non-hydrogen) atoms. The van der Waals surface area contributed by atoms with Crippen LogP contribution in [0.2, 0.25) is 0 Å². The first kappa shape index (κ1) is 22.3. The van der Waals surface area contributed by atoms with E-state index in [1.54, 1.807) is 50.6 Å². The lowest BCUT2D eigenvalue weighted by Gasteiger charge is -2.11. The number of benzene rings is 2. The maximum atomic E-state index is 12.2. The summed E-state index contributed by atoms with van der Waals surface area (Å²) in [5, 5.41) is 8.56. The molecule has 0 radical (unpaired) electrons. The van der Waals surface area contributed by atoms with Gasteiger partial charge in [-0.2, -0.15) is 0 Å². The molecule has 2 rings (SSSR count). The zero-order chi connectivity index (χ0) is 21.1. The lowest BCUT2D eigenvalue weighted by Crippen LogP contribution is -2.35. The van der Waals surface area contributed by atoms with Gasteiger partial charge in [0.1, 0.15) is 5.75 Å². The number of hydrogen-bond acceptors (Lipinski definition) is 5. The summed E-state index contributed by atoms with van der Waals surface area (Å²) in [6, 6.07) is 14.1. The topological polar surface area (TPSA) is 88.7 Å². The zero-order valence-electron chi connectivity index (χ0n) is 16.5. The van der Waals surface area contributed by atoms with E-state index in [1.807, 2.05) is 12.1 Å². The van der Waals surface area contributed by atoms with Gasteiger partial charge in [0, 0.05) is 31.5 Å². The molecule has 0 aliphatic carbocycles. The van der Waals surface area contributed by atoms with Crippen LogP contribution in [0.5, 0.6) is 5.75 Å². The van der Waals surface area contributed by atoms with Crippen LogP contribution in [0.3, 0.4) is 0 Å². The first-order chi connectivity index (χ1) is 14.0. The highest BCUT2D eigenvalue weighted by Crippen LogP contribution is 2.12. The Morgan fingerprint density at radius 3 is 2.52 bits per heavy atom. The van der Waals surface area contributed by atoms with Gasteiger partial charge in [-0.1, -0.05) is 18.2 Å². The van der Waals surface area contributed by atoms with E-state index >= 15 is 0 Å². The van der Waals surface area contributed by atoms with Crippen LogP contribution in [0, 0.1) is 0 Å². The van der Waals surface area contributed by atoms with Gasteiger partial charge in [0.2, 0.25) is 5.91 Å². The Balaban J connectivity index is 1.84. The number of thiocarbonyl (C=S) groups is 1. The summed E-state index contributed by atoms with van der Waals surface area (Å²) in [6.45, 7) is 1.12. The number of rotatable bonds is 9. The monoisotopic (exact) mass is 415 g/mol. The maximum Gasteiger partial charge on any atom is 0.251 e. The molecule has 0 unspecified atom stereocenters. The fourth-order valence-electron chi connectivity index (χ4n) is 2.52. The number of hydrogen-bond donors (Lipinski definition) is 3. The van der Waals surface area contributed by atoms with Gasteiger partial charge >= 0.3 is 0 Å². The molecule has 0 aromatic heterocycles. The molecule has 0 atom stereocenters. The molecular weight excluding hydrogens is 390 g/mol. The number of ether oxygens (including phenoxy) is 2. The largest absolute Gasteiger partial charge is 0.497 e. The van der Waals surface area contributed by atoms with Crippen molar-refractivity contribution in [1.29, 1.82) is 0 Å². The van der Waals surface area contributed by atoms with E-state index < -0.39 is 0 Å². The minimum atomic E-state index is -0.236. The van der Waals surface area contributed by atoms with Gasteiger partial charge in [0.15, 0.2) is 5.11 Å². The number of carbonyl (C=O) groups excluding carboxylic acids is 2. The van der Waals surface area contributed by atoms with Crippen molar-refractivity contribution in [3.63, 3.8) is 0 Å². The van der Waals surface area contributed by atoms with Gasteiger partial charge in [-0.15, -0.1) is 0 Å². The van der Waals surface area contributed by atoms with E-state index in [0.717, 1.165) is 17.7 Å². The molecule has 2 amide bonds. The minimum absolute atomic E-state index is 0.168. The zero-order valence-corrected chi connectivity index (χ0v) is 17.3. The van der Waals surface area contributed by atoms with Crippen LogP contribution in [0.4, 0.5) is 5.69 Å². The number of methoxy groups -OCH3 is 2. The SMILES string of the molecule is COCCCNC(=O)c1cccc(NC(=S)NC(=O)Cc2ccc(OC)cc2)c1. The van der Waals surface area contributed by atoms with Gasteiger partial charge in [-0.25, -0.2) is 0 Å². The predicted molar refractivity (Wildman–Crippen MR) is 116 cm³/mol. The number of anilines is 1. The highest BCUT2D eigenvalue weighted by Gasteiger charge is 2.09. The Morgan fingerprint density at radius 1 is 1.07 bits per heavy atom. The number of nitrogens with one attached hydrogen (secondary N) is 3. The average Bonchev–Trinajstić information content (AvgIpc) is 2.71. The fourth-order valence-corrected chi connectivity index (χ4v) is 2.75. The number of amides is 2. The van der Waals surface area contributed by atoms with Crippen LogP contribution < -0.4 is 20.7 Å². The molecule has 3 N–H and O–H groups in total. The molecule has 0 spiro atoms. The third-order valence-corrected chi connectivity index (χ3v) is 4.17. The number of carbonyl (C=O) groups is 2. The van der Waals surface area contributed by atoms with Crippen LogP contribution in [0.25, 0.3) is 0 Å². The molecule has 0 aliphatic rings. The van der Waals surface area contributed by atoms with Crippen molar-refractivity contribution in [1.82, 2.24) is 10.6 Å². The Bertz CT molecular complexity index is 840. The first-order valence-electron chi connectivity index (χ1n) is 9.13. The molecule has 0 saturated heterocycles. The summed E-state index contributed by atoms with van der Waals surface area (Å²) in [5.74, 6) is 0.313. The normalized spacial score (nSPS) is 10.1. The van der Waals surface area contributed by atoms with Crippen molar-refractivity contribution < 1.29 is 19.1 Å². The summed E-state index contributed by atoms with van der Waals surface area (Å²) in [5.41, 5.74) is 1.96. The highest BCUT2D eigenvalue weighted by molar-refractivity contribution is 7.80. The molecule has 0 bridgehead atoms. The molecule has 2 aromatic rings. The predicted octanol–water partition coefficient (Wildman–Crippen LogP) is 2.52. The third-order valence-electron chi connectivity index (χ3n) is 3.97. The van der Waals surface area contributed by atoms with Gasteiger partial charge in [-0.3, -0.25) is 9.59 Å². The molecule has 2 aromatic carbocycles. The summed E-state index contributed by atoms with van der Waals surface area (Å²) in [6.07, 6.45) is 0.931. The van der Waals surface area contributed by atoms with Crippen LogP contribution >= 0.6 is 12.2 Å². The second-order valence-corrected chi connectivity index (χ2v) is 6.62. The first-order valence-corrected chi connectivity index (χ1v) is 9.53. The molecule has 7 nitrogen and oxygen atoms in total. The van der Waals surface area contributed by atoms with Gasteiger partial charge in [-0.05, 0) is 54.5 Å². The van der Waals surface area contributed by atoms with Crippen molar-refractivity contribution in [3.05, 3.63) is 59.7 Å². The van der Waals surface area contributed by atoms with E-state index in [4.69, 9.17) is 21.7 Å². The van der Waals surface area contributed by atoms with E-state index in [9.17, 15) is 9.59 Å². The van der Waals surface area contributed by atoms with Crippen molar-refractivity contribution in [3.8, 4) is 5.75 Å². The maximum absolute atomic E-state index is 12.2. The minimum Gasteiger partial charge on any atom is -0.497 e. The molecule has 0 saturated carbocycles. The van der Waals surface area contributed by atoms with Crippen LogP contribution in [0.15, 0.2) is 48.5 Å².